The van der Waals surface area contributed by atoms with Crippen LogP contribution in [0.5, 0.6) is 5.75 Å². The maximum absolute atomic E-state index is 13.1. The van der Waals surface area contributed by atoms with Gasteiger partial charge in [0.15, 0.2) is 0 Å². The summed E-state index contributed by atoms with van der Waals surface area (Å²) in [5, 5.41) is 2.86. The van der Waals surface area contributed by atoms with Gasteiger partial charge in [0.1, 0.15) is 17.9 Å². The summed E-state index contributed by atoms with van der Waals surface area (Å²) < 4.78 is 72.2. The number of hydrogen-bond donors (Lipinski definition) is 2. The number of guanidine groups is 1. The number of rotatable bonds is 7. The molecule has 3 N–H and O–H groups in total. The first-order chi connectivity index (χ1) is 15.9. The first-order valence-electron chi connectivity index (χ1n) is 9.93. The van der Waals surface area contributed by atoms with Crippen molar-refractivity contribution in [2.75, 3.05) is 25.1 Å². The van der Waals surface area contributed by atoms with E-state index in [0.717, 1.165) is 12.1 Å². The second-order valence-corrected chi connectivity index (χ2v) is 7.95. The molecule has 0 amide bonds. The lowest BCUT2D eigenvalue weighted by atomic mass is 9.89. The van der Waals surface area contributed by atoms with Crippen LogP contribution in [0, 0.1) is 5.41 Å². The van der Waals surface area contributed by atoms with Crippen LogP contribution in [0.3, 0.4) is 0 Å². The standard InChI is InChI=1S/C22H21F5N4O3/c1-20(12-33-13-20)11-29-19(31-18(28)15-4-2-14(10-32)3-5-15)30-16-6-8-17(9-7-16)34-22(26,27)21(23,24)25/h2-10H,11-13H2,1H3,(H3,28,29,30,31). The van der Waals surface area contributed by atoms with Gasteiger partial charge in [0.2, 0.25) is 5.96 Å². The third kappa shape index (κ3) is 6.28. The van der Waals surface area contributed by atoms with Crippen molar-refractivity contribution in [2.45, 2.75) is 19.2 Å². The number of nitrogens with two attached hydrogens (primary N) is 1. The Bertz CT molecular complexity index is 1060. The van der Waals surface area contributed by atoms with Crippen LogP contribution in [0.15, 0.2) is 58.5 Å². The fourth-order valence-corrected chi connectivity index (χ4v) is 2.76. The Hall–Kier alpha value is -3.54. The van der Waals surface area contributed by atoms with Crippen LogP contribution < -0.4 is 15.8 Å². The largest absolute Gasteiger partial charge is 0.499 e. The van der Waals surface area contributed by atoms with E-state index in [1.165, 1.54) is 12.1 Å². The second-order valence-electron chi connectivity index (χ2n) is 7.95. The monoisotopic (exact) mass is 484 g/mol. The normalized spacial score (nSPS) is 16.5. The number of halogens is 5. The Balaban J connectivity index is 1.79. The van der Waals surface area contributed by atoms with Gasteiger partial charge >= 0.3 is 12.3 Å². The summed E-state index contributed by atoms with van der Waals surface area (Å²) in [4.78, 5) is 19.5. The molecule has 1 fully saturated rings. The molecule has 1 heterocycles. The highest BCUT2D eigenvalue weighted by Gasteiger charge is 2.61. The van der Waals surface area contributed by atoms with Gasteiger partial charge in [-0.3, -0.25) is 9.79 Å². The molecule has 2 aromatic rings. The summed E-state index contributed by atoms with van der Waals surface area (Å²) in [7, 11) is 0. The molecule has 1 aliphatic heterocycles. The number of anilines is 1. The Morgan fingerprint density at radius 1 is 1.12 bits per heavy atom. The number of carbonyl (C=O) groups excluding carboxylic acids is 1. The fourth-order valence-electron chi connectivity index (χ4n) is 2.76. The van der Waals surface area contributed by atoms with E-state index < -0.39 is 18.0 Å². The average molecular weight is 484 g/mol. The summed E-state index contributed by atoms with van der Waals surface area (Å²) >= 11 is 0. The van der Waals surface area contributed by atoms with Gasteiger partial charge in [-0.1, -0.05) is 31.2 Å². The number of carbonyl (C=O) groups is 1. The maximum Gasteiger partial charge on any atom is 0.499 e. The molecular formula is C22H21F5N4O3. The van der Waals surface area contributed by atoms with Crippen LogP contribution in [0.1, 0.15) is 22.8 Å². The number of aliphatic imine (C=N–C) groups is 2. The molecular weight excluding hydrogens is 463 g/mol. The van der Waals surface area contributed by atoms with E-state index in [1.807, 2.05) is 6.92 Å². The van der Waals surface area contributed by atoms with E-state index in [4.69, 9.17) is 10.5 Å². The van der Waals surface area contributed by atoms with Gasteiger partial charge in [-0.2, -0.15) is 26.9 Å². The minimum atomic E-state index is -5.85. The lowest BCUT2D eigenvalue weighted by molar-refractivity contribution is -0.360. The highest BCUT2D eigenvalue weighted by molar-refractivity contribution is 6.08. The molecule has 0 aliphatic carbocycles. The van der Waals surface area contributed by atoms with Crippen LogP contribution in [0.4, 0.5) is 27.6 Å². The second kappa shape index (κ2) is 9.75. The SMILES string of the molecule is CC1(CN=C(N=C(N)c2ccc(C=O)cc2)Nc2ccc(OC(F)(F)C(F)(F)F)cc2)COC1. The van der Waals surface area contributed by atoms with Crippen LogP contribution >= 0.6 is 0 Å². The van der Waals surface area contributed by atoms with Gasteiger partial charge in [0, 0.05) is 22.2 Å². The Labute approximate surface area is 191 Å². The summed E-state index contributed by atoms with van der Waals surface area (Å²) in [6.45, 7) is 3.33. The van der Waals surface area contributed by atoms with Crippen LogP contribution in [0.25, 0.3) is 0 Å². The Morgan fingerprint density at radius 3 is 2.24 bits per heavy atom. The van der Waals surface area contributed by atoms with E-state index in [0.29, 0.717) is 42.9 Å². The van der Waals surface area contributed by atoms with Gasteiger partial charge in [-0.25, -0.2) is 0 Å². The average Bonchev–Trinajstić information content (AvgIpc) is 2.76. The molecule has 182 valence electrons. The van der Waals surface area contributed by atoms with Crippen molar-refractivity contribution in [3.05, 3.63) is 59.7 Å². The van der Waals surface area contributed by atoms with Crippen LogP contribution in [-0.4, -0.2) is 50.1 Å². The van der Waals surface area contributed by atoms with Gasteiger partial charge in [0.25, 0.3) is 0 Å². The van der Waals surface area contributed by atoms with Gasteiger partial charge in [0.05, 0.1) is 19.8 Å². The van der Waals surface area contributed by atoms with Crippen molar-refractivity contribution < 1.29 is 36.2 Å². The zero-order valence-corrected chi connectivity index (χ0v) is 17.9. The smallest absolute Gasteiger partial charge is 0.426 e. The molecule has 0 radical (unpaired) electrons. The molecule has 12 heteroatoms. The molecule has 0 saturated carbocycles. The summed E-state index contributed by atoms with van der Waals surface area (Å²) in [6.07, 6.45) is -10.5. The minimum Gasteiger partial charge on any atom is -0.426 e. The van der Waals surface area contributed by atoms with Gasteiger partial charge in [-0.15, -0.1) is 0 Å². The number of alkyl halides is 5. The highest BCUT2D eigenvalue weighted by atomic mass is 19.4. The molecule has 0 bridgehead atoms. The number of nitrogens with one attached hydrogen (secondary N) is 1. The van der Waals surface area contributed by atoms with Crippen molar-refractivity contribution in [3.8, 4) is 5.75 Å². The van der Waals surface area contributed by atoms with E-state index >= 15 is 0 Å². The number of benzene rings is 2. The van der Waals surface area contributed by atoms with E-state index in [2.05, 4.69) is 20.0 Å². The van der Waals surface area contributed by atoms with Crippen molar-refractivity contribution in [1.82, 2.24) is 0 Å². The molecule has 1 saturated heterocycles. The highest BCUT2D eigenvalue weighted by Crippen LogP contribution is 2.37. The molecule has 34 heavy (non-hydrogen) atoms. The van der Waals surface area contributed by atoms with Crippen LogP contribution in [-0.2, 0) is 4.74 Å². The van der Waals surface area contributed by atoms with Gasteiger partial charge in [-0.05, 0) is 24.3 Å². The third-order valence-electron chi connectivity index (χ3n) is 4.77. The van der Waals surface area contributed by atoms with E-state index in [-0.39, 0.29) is 17.2 Å². The summed E-state index contributed by atoms with van der Waals surface area (Å²) in [5.41, 5.74) is 7.15. The molecule has 0 aromatic heterocycles. The van der Waals surface area contributed by atoms with Crippen molar-refractivity contribution in [2.24, 2.45) is 21.1 Å². The maximum atomic E-state index is 13.1. The Kier molecular flexibility index (Phi) is 7.20. The molecule has 3 rings (SSSR count). The van der Waals surface area contributed by atoms with Crippen molar-refractivity contribution >= 4 is 23.8 Å². The molecule has 0 spiro atoms. The first kappa shape index (κ1) is 25.1. The number of ether oxygens (including phenoxy) is 2. The zero-order valence-electron chi connectivity index (χ0n) is 17.9. The third-order valence-corrected chi connectivity index (χ3v) is 4.77. The molecule has 1 aliphatic rings. The van der Waals surface area contributed by atoms with Crippen LogP contribution in [0.2, 0.25) is 0 Å². The number of nitrogens with zero attached hydrogens (tertiary/aromatic N) is 2. The molecule has 7 nitrogen and oxygen atoms in total. The first-order valence-corrected chi connectivity index (χ1v) is 9.93. The summed E-state index contributed by atoms with van der Waals surface area (Å²) in [5.74, 6) is -0.508. The molecule has 0 unspecified atom stereocenters. The van der Waals surface area contributed by atoms with Gasteiger partial charge < -0.3 is 20.5 Å². The summed E-state index contributed by atoms with van der Waals surface area (Å²) in [6, 6.07) is 10.7. The molecule has 2 aromatic carbocycles. The minimum absolute atomic E-state index is 0.0828. The number of aldehydes is 1. The predicted octanol–water partition coefficient (Wildman–Crippen LogP) is 4.24. The lowest BCUT2D eigenvalue weighted by Crippen LogP contribution is -2.42. The Morgan fingerprint density at radius 2 is 1.74 bits per heavy atom. The predicted molar refractivity (Wildman–Crippen MR) is 115 cm³/mol. The van der Waals surface area contributed by atoms with E-state index in [9.17, 15) is 26.7 Å². The lowest BCUT2D eigenvalue weighted by Gasteiger charge is -2.36. The number of hydrogen-bond acceptors (Lipinski definition) is 4. The zero-order chi connectivity index (χ0) is 25.0. The van der Waals surface area contributed by atoms with Crippen molar-refractivity contribution in [1.29, 1.82) is 0 Å². The number of amidine groups is 1. The quantitative estimate of drug-likeness (QED) is 0.265. The van der Waals surface area contributed by atoms with E-state index in [1.54, 1.807) is 24.3 Å². The van der Waals surface area contributed by atoms with Crippen molar-refractivity contribution in [3.63, 3.8) is 0 Å². The fraction of sp³-hybridized carbons (Fsp3) is 0.318. The topological polar surface area (TPSA) is 98.3 Å². The molecule has 0 atom stereocenters.